The van der Waals surface area contributed by atoms with Crippen LogP contribution in [-0.2, 0) is 11.2 Å². The topological polar surface area (TPSA) is 40.5 Å². The molecule has 0 fully saturated rings. The Balaban J connectivity index is 1.97. The summed E-state index contributed by atoms with van der Waals surface area (Å²) in [6.45, 7) is 3.78. The molecule has 25 heavy (non-hydrogen) atoms. The molecule has 0 atom stereocenters. The SMILES string of the molecule is CC(=O)N(CCc1ccccc1F)c1sc2c(Cl)c(O)ccc2c1C. The second kappa shape index (κ2) is 7.02. The van der Waals surface area contributed by atoms with Crippen LogP contribution in [0.5, 0.6) is 5.75 Å². The smallest absolute Gasteiger partial charge is 0.224 e. The Morgan fingerprint density at radius 2 is 2.00 bits per heavy atom. The van der Waals surface area contributed by atoms with Crippen LogP contribution < -0.4 is 4.90 Å². The molecule has 1 aromatic heterocycles. The van der Waals surface area contributed by atoms with Gasteiger partial charge in [-0.3, -0.25) is 4.79 Å². The number of rotatable bonds is 4. The molecule has 0 saturated heterocycles. The van der Waals surface area contributed by atoms with Gasteiger partial charge in [0, 0.05) is 13.5 Å². The highest BCUT2D eigenvalue weighted by Gasteiger charge is 2.21. The number of aryl methyl sites for hydroxylation is 1. The van der Waals surface area contributed by atoms with Gasteiger partial charge in [-0.1, -0.05) is 29.8 Å². The fourth-order valence-electron chi connectivity index (χ4n) is 2.82. The Morgan fingerprint density at radius 1 is 1.28 bits per heavy atom. The molecule has 0 saturated carbocycles. The largest absolute Gasteiger partial charge is 0.506 e. The molecule has 1 amide bonds. The normalized spacial score (nSPS) is 11.0. The maximum absolute atomic E-state index is 13.8. The van der Waals surface area contributed by atoms with E-state index < -0.39 is 0 Å². The molecular weight excluding hydrogens is 361 g/mol. The zero-order valence-electron chi connectivity index (χ0n) is 13.8. The lowest BCUT2D eigenvalue weighted by molar-refractivity contribution is -0.116. The molecule has 0 spiro atoms. The third-order valence-corrected chi connectivity index (χ3v) is 6.03. The van der Waals surface area contributed by atoms with Crippen LogP contribution in [-0.4, -0.2) is 17.6 Å². The zero-order valence-corrected chi connectivity index (χ0v) is 15.4. The molecule has 0 aliphatic rings. The Morgan fingerprint density at radius 3 is 2.68 bits per heavy atom. The summed E-state index contributed by atoms with van der Waals surface area (Å²) in [4.78, 5) is 13.8. The maximum atomic E-state index is 13.8. The number of amides is 1. The van der Waals surface area contributed by atoms with Gasteiger partial charge in [-0.25, -0.2) is 4.39 Å². The molecule has 0 bridgehead atoms. The van der Waals surface area contributed by atoms with Gasteiger partial charge in [0.2, 0.25) is 5.91 Å². The molecule has 1 heterocycles. The van der Waals surface area contributed by atoms with Crippen molar-refractivity contribution in [1.29, 1.82) is 0 Å². The van der Waals surface area contributed by atoms with Crippen LogP contribution in [0.1, 0.15) is 18.1 Å². The lowest BCUT2D eigenvalue weighted by Crippen LogP contribution is -2.30. The third-order valence-electron chi connectivity index (χ3n) is 4.19. The molecule has 0 aliphatic carbocycles. The minimum Gasteiger partial charge on any atom is -0.506 e. The van der Waals surface area contributed by atoms with Crippen LogP contribution in [0.4, 0.5) is 9.39 Å². The van der Waals surface area contributed by atoms with Crippen molar-refractivity contribution in [3.05, 3.63) is 58.4 Å². The second-order valence-electron chi connectivity index (χ2n) is 5.82. The van der Waals surface area contributed by atoms with Crippen LogP contribution >= 0.6 is 22.9 Å². The molecular formula is C19H17ClFNO2S. The van der Waals surface area contributed by atoms with Gasteiger partial charge in [0.25, 0.3) is 0 Å². The average molecular weight is 378 g/mol. The maximum Gasteiger partial charge on any atom is 0.224 e. The van der Waals surface area contributed by atoms with E-state index in [0.29, 0.717) is 18.5 Å². The van der Waals surface area contributed by atoms with Crippen LogP contribution in [0.15, 0.2) is 36.4 Å². The number of nitrogens with zero attached hydrogens (tertiary/aromatic N) is 1. The number of halogens is 2. The molecule has 0 aliphatic heterocycles. The summed E-state index contributed by atoms with van der Waals surface area (Å²) >= 11 is 7.56. The molecule has 2 aromatic carbocycles. The van der Waals surface area contributed by atoms with Crippen molar-refractivity contribution in [1.82, 2.24) is 0 Å². The average Bonchev–Trinajstić information content (AvgIpc) is 2.90. The Kier molecular flexibility index (Phi) is 4.97. The van der Waals surface area contributed by atoms with E-state index in [9.17, 15) is 14.3 Å². The van der Waals surface area contributed by atoms with Crippen molar-refractivity contribution in [2.45, 2.75) is 20.3 Å². The van der Waals surface area contributed by atoms with Crippen molar-refractivity contribution >= 4 is 43.9 Å². The predicted octanol–water partition coefficient (Wildman–Crippen LogP) is 5.30. The summed E-state index contributed by atoms with van der Waals surface area (Å²) in [5, 5.41) is 11.8. The van der Waals surface area contributed by atoms with E-state index in [-0.39, 0.29) is 22.5 Å². The van der Waals surface area contributed by atoms with Crippen molar-refractivity contribution in [3.8, 4) is 5.75 Å². The van der Waals surface area contributed by atoms with Crippen molar-refractivity contribution < 1.29 is 14.3 Å². The lowest BCUT2D eigenvalue weighted by atomic mass is 10.1. The van der Waals surface area contributed by atoms with E-state index in [1.165, 1.54) is 24.3 Å². The van der Waals surface area contributed by atoms with Gasteiger partial charge in [-0.05, 0) is 48.1 Å². The lowest BCUT2D eigenvalue weighted by Gasteiger charge is -2.20. The molecule has 3 nitrogen and oxygen atoms in total. The number of hydrogen-bond acceptors (Lipinski definition) is 3. The Hall–Kier alpha value is -2.11. The summed E-state index contributed by atoms with van der Waals surface area (Å²) in [5.74, 6) is -0.374. The molecule has 3 aromatic rings. The predicted molar refractivity (Wildman–Crippen MR) is 101 cm³/mol. The monoisotopic (exact) mass is 377 g/mol. The minimum atomic E-state index is -0.271. The summed E-state index contributed by atoms with van der Waals surface area (Å²) < 4.78 is 14.6. The first-order valence-electron chi connectivity index (χ1n) is 7.82. The number of anilines is 1. The molecule has 1 N–H and O–H groups in total. The van der Waals surface area contributed by atoms with Crippen molar-refractivity contribution in [3.63, 3.8) is 0 Å². The molecule has 0 unspecified atom stereocenters. The van der Waals surface area contributed by atoms with E-state index in [2.05, 4.69) is 0 Å². The number of hydrogen-bond donors (Lipinski definition) is 1. The van der Waals surface area contributed by atoms with Crippen LogP contribution in [0, 0.1) is 12.7 Å². The van der Waals surface area contributed by atoms with E-state index in [1.54, 1.807) is 35.2 Å². The van der Waals surface area contributed by atoms with Gasteiger partial charge in [0.15, 0.2) is 0 Å². The number of thiophene rings is 1. The minimum absolute atomic E-state index is 0.0164. The van der Waals surface area contributed by atoms with Gasteiger partial charge in [0.05, 0.1) is 4.70 Å². The standard InChI is InChI=1S/C19H17ClFNO2S/c1-11-14-7-8-16(24)17(20)18(14)25-19(11)22(12(2)23)10-9-13-5-3-4-6-15(13)21/h3-8,24H,9-10H2,1-2H3. The fraction of sp³-hybridized carbons (Fsp3) is 0.211. The first-order chi connectivity index (χ1) is 11.9. The van der Waals surface area contributed by atoms with Gasteiger partial charge in [-0.15, -0.1) is 11.3 Å². The number of aromatic hydroxyl groups is 1. The summed E-state index contributed by atoms with van der Waals surface area (Å²) in [6, 6.07) is 9.91. The fourth-order valence-corrected chi connectivity index (χ4v) is 4.41. The van der Waals surface area contributed by atoms with Crippen LogP contribution in [0.25, 0.3) is 10.1 Å². The number of phenolic OH excluding ortho intramolecular Hbond substituents is 1. The quantitative estimate of drug-likeness (QED) is 0.669. The molecule has 3 rings (SSSR count). The number of fused-ring (bicyclic) bond motifs is 1. The second-order valence-corrected chi connectivity index (χ2v) is 7.20. The van der Waals surface area contributed by atoms with E-state index in [4.69, 9.17) is 11.6 Å². The van der Waals surface area contributed by atoms with Gasteiger partial charge < -0.3 is 10.0 Å². The highest BCUT2D eigenvalue weighted by Crippen LogP contribution is 2.44. The first kappa shape index (κ1) is 17.7. The molecule has 6 heteroatoms. The number of carbonyl (C=O) groups excluding carboxylic acids is 1. The van der Waals surface area contributed by atoms with Gasteiger partial charge in [-0.2, -0.15) is 0 Å². The summed E-state index contributed by atoms with van der Waals surface area (Å²) in [5.41, 5.74) is 1.49. The Labute approximate surface area is 154 Å². The third kappa shape index (κ3) is 3.34. The van der Waals surface area contributed by atoms with Crippen molar-refractivity contribution in [2.24, 2.45) is 0 Å². The van der Waals surface area contributed by atoms with E-state index in [0.717, 1.165) is 20.7 Å². The van der Waals surface area contributed by atoms with E-state index in [1.807, 2.05) is 6.92 Å². The number of benzene rings is 2. The van der Waals surface area contributed by atoms with Crippen LogP contribution in [0.2, 0.25) is 5.02 Å². The summed E-state index contributed by atoms with van der Waals surface area (Å²) in [7, 11) is 0. The highest BCUT2D eigenvalue weighted by molar-refractivity contribution is 7.23. The summed E-state index contributed by atoms with van der Waals surface area (Å²) in [6.07, 6.45) is 0.416. The molecule has 0 radical (unpaired) electrons. The first-order valence-corrected chi connectivity index (χ1v) is 9.01. The molecule has 130 valence electrons. The van der Waals surface area contributed by atoms with Crippen molar-refractivity contribution in [2.75, 3.05) is 11.4 Å². The number of phenols is 1. The Bertz CT molecular complexity index is 954. The van der Waals surface area contributed by atoms with Gasteiger partial charge in [0.1, 0.15) is 21.6 Å². The highest BCUT2D eigenvalue weighted by atomic mass is 35.5. The zero-order chi connectivity index (χ0) is 18.1. The van der Waals surface area contributed by atoms with E-state index >= 15 is 0 Å². The van der Waals surface area contributed by atoms with Gasteiger partial charge >= 0.3 is 0 Å². The number of carbonyl (C=O) groups is 1. The van der Waals surface area contributed by atoms with Crippen LogP contribution in [0.3, 0.4) is 0 Å².